The molecule has 0 amide bonds. The molecule has 0 aromatic heterocycles. The summed E-state index contributed by atoms with van der Waals surface area (Å²) in [5, 5.41) is 20.1. The summed E-state index contributed by atoms with van der Waals surface area (Å²) >= 11 is 0. The van der Waals surface area contributed by atoms with Gasteiger partial charge in [-0.3, -0.25) is 9.59 Å². The van der Waals surface area contributed by atoms with Gasteiger partial charge in [0.2, 0.25) is 0 Å². The lowest BCUT2D eigenvalue weighted by molar-refractivity contribution is -0.141. The Kier molecular flexibility index (Phi) is 5.49. The van der Waals surface area contributed by atoms with Crippen LogP contribution in [0, 0.1) is 11.8 Å². The van der Waals surface area contributed by atoms with Crippen molar-refractivity contribution in [1.82, 2.24) is 5.32 Å². The molecule has 0 aliphatic carbocycles. The molecule has 0 aromatic rings. The molecule has 14 heavy (non-hydrogen) atoms. The van der Waals surface area contributed by atoms with Crippen molar-refractivity contribution >= 4 is 24.3 Å². The van der Waals surface area contributed by atoms with Crippen molar-refractivity contribution in [1.29, 1.82) is 0 Å². The van der Waals surface area contributed by atoms with E-state index in [1.807, 2.05) is 0 Å². The third kappa shape index (κ3) is 3.93. The maximum atomic E-state index is 10.4. The molecule has 1 saturated heterocycles. The van der Waals surface area contributed by atoms with Crippen LogP contribution >= 0.6 is 12.4 Å². The topological polar surface area (TPSA) is 86.6 Å². The van der Waals surface area contributed by atoms with Crippen molar-refractivity contribution in [2.45, 2.75) is 12.8 Å². The average Bonchev–Trinajstić information content (AvgIpc) is 2.34. The van der Waals surface area contributed by atoms with E-state index in [4.69, 9.17) is 10.2 Å². The number of aliphatic carboxylic acids is 2. The van der Waals surface area contributed by atoms with Crippen LogP contribution in [0.25, 0.3) is 0 Å². The highest BCUT2D eigenvalue weighted by Gasteiger charge is 2.30. The monoisotopic (exact) mass is 223 g/mol. The molecule has 1 aliphatic rings. The lowest BCUT2D eigenvalue weighted by Crippen LogP contribution is -2.19. The van der Waals surface area contributed by atoms with Crippen molar-refractivity contribution in [3.8, 4) is 0 Å². The van der Waals surface area contributed by atoms with Crippen LogP contribution in [0.4, 0.5) is 0 Å². The summed E-state index contributed by atoms with van der Waals surface area (Å²) in [7, 11) is 0. The Morgan fingerprint density at radius 2 is 1.43 bits per heavy atom. The van der Waals surface area contributed by atoms with Crippen LogP contribution in [0.3, 0.4) is 0 Å². The predicted molar refractivity (Wildman–Crippen MR) is 51.6 cm³/mol. The zero-order chi connectivity index (χ0) is 9.84. The number of carbonyl (C=O) groups is 2. The largest absolute Gasteiger partial charge is 0.481 e. The molecule has 82 valence electrons. The molecule has 1 rings (SSSR count). The summed E-state index contributed by atoms with van der Waals surface area (Å²) in [6, 6.07) is 0. The van der Waals surface area contributed by atoms with Gasteiger partial charge in [0, 0.05) is 12.8 Å². The normalized spacial score (nSPS) is 25.4. The van der Waals surface area contributed by atoms with Gasteiger partial charge in [0.25, 0.3) is 0 Å². The Balaban J connectivity index is 0.00000169. The molecule has 1 heterocycles. The van der Waals surface area contributed by atoms with E-state index in [1.54, 1.807) is 0 Å². The van der Waals surface area contributed by atoms with Crippen molar-refractivity contribution in [3.05, 3.63) is 0 Å². The Labute approximate surface area is 87.9 Å². The average molecular weight is 224 g/mol. The minimum absolute atomic E-state index is 0. The summed E-state index contributed by atoms with van der Waals surface area (Å²) in [5.41, 5.74) is 0. The lowest BCUT2D eigenvalue weighted by atomic mass is 9.90. The van der Waals surface area contributed by atoms with Crippen LogP contribution in [0.5, 0.6) is 0 Å². The van der Waals surface area contributed by atoms with Crippen LogP contribution in [-0.4, -0.2) is 35.2 Å². The minimum Gasteiger partial charge on any atom is -0.481 e. The van der Waals surface area contributed by atoms with Crippen LogP contribution in [0.1, 0.15) is 12.8 Å². The van der Waals surface area contributed by atoms with Crippen LogP contribution in [0.2, 0.25) is 0 Å². The van der Waals surface area contributed by atoms with Gasteiger partial charge in [-0.1, -0.05) is 0 Å². The number of halogens is 1. The highest BCUT2D eigenvalue weighted by atomic mass is 35.5. The van der Waals surface area contributed by atoms with E-state index in [0.29, 0.717) is 13.1 Å². The zero-order valence-electron chi connectivity index (χ0n) is 7.60. The third-order valence-electron chi connectivity index (χ3n) is 2.35. The van der Waals surface area contributed by atoms with Crippen molar-refractivity contribution in [3.63, 3.8) is 0 Å². The second-order valence-electron chi connectivity index (χ2n) is 3.37. The van der Waals surface area contributed by atoms with Gasteiger partial charge in [-0.15, -0.1) is 12.4 Å². The number of hydrogen-bond donors (Lipinski definition) is 3. The Morgan fingerprint density at radius 3 is 1.71 bits per heavy atom. The molecule has 0 aromatic carbocycles. The highest BCUT2D eigenvalue weighted by molar-refractivity contribution is 5.85. The molecule has 3 N–H and O–H groups in total. The first-order chi connectivity index (χ1) is 6.09. The number of rotatable bonds is 4. The molecule has 1 aliphatic heterocycles. The van der Waals surface area contributed by atoms with E-state index in [1.165, 1.54) is 0 Å². The van der Waals surface area contributed by atoms with Crippen LogP contribution in [-0.2, 0) is 9.59 Å². The number of carboxylic acids is 2. The fourth-order valence-electron chi connectivity index (χ4n) is 1.71. The first-order valence-electron chi connectivity index (χ1n) is 4.24. The van der Waals surface area contributed by atoms with E-state index in [0.717, 1.165) is 0 Å². The van der Waals surface area contributed by atoms with Crippen molar-refractivity contribution < 1.29 is 19.8 Å². The van der Waals surface area contributed by atoms with Gasteiger partial charge in [-0.05, 0) is 24.9 Å². The standard InChI is InChI=1S/C8H13NO4.ClH/c10-7(11)1-5-3-9-4-6(5)2-8(12)13;/h5-6,9H,1-4H2,(H,10,11)(H,12,13);1H. The molecular weight excluding hydrogens is 210 g/mol. The summed E-state index contributed by atoms with van der Waals surface area (Å²) < 4.78 is 0. The van der Waals surface area contributed by atoms with Crippen molar-refractivity contribution in [2.24, 2.45) is 11.8 Å². The van der Waals surface area contributed by atoms with E-state index in [2.05, 4.69) is 5.32 Å². The molecule has 5 nitrogen and oxygen atoms in total. The Bertz CT molecular complexity index is 199. The summed E-state index contributed by atoms with van der Waals surface area (Å²) in [4.78, 5) is 20.8. The lowest BCUT2D eigenvalue weighted by Gasteiger charge is -2.13. The molecule has 0 bridgehead atoms. The molecule has 2 unspecified atom stereocenters. The molecule has 2 atom stereocenters. The predicted octanol–water partition coefficient (Wildman–Crippen LogP) is 0.193. The van der Waals surface area contributed by atoms with Gasteiger partial charge < -0.3 is 15.5 Å². The van der Waals surface area contributed by atoms with Gasteiger partial charge in [0.05, 0.1) is 0 Å². The van der Waals surface area contributed by atoms with E-state index in [9.17, 15) is 9.59 Å². The summed E-state index contributed by atoms with van der Waals surface area (Å²) in [6.07, 6.45) is 0.121. The molecule has 0 saturated carbocycles. The van der Waals surface area contributed by atoms with Crippen LogP contribution < -0.4 is 5.32 Å². The van der Waals surface area contributed by atoms with Crippen LogP contribution in [0.15, 0.2) is 0 Å². The molecule has 1 fully saturated rings. The second-order valence-corrected chi connectivity index (χ2v) is 3.37. The maximum absolute atomic E-state index is 10.4. The summed E-state index contributed by atoms with van der Waals surface area (Å²) in [5.74, 6) is -1.78. The highest BCUT2D eigenvalue weighted by Crippen LogP contribution is 2.23. The third-order valence-corrected chi connectivity index (χ3v) is 2.35. The molecule has 0 radical (unpaired) electrons. The van der Waals surface area contributed by atoms with Gasteiger partial charge in [0.15, 0.2) is 0 Å². The maximum Gasteiger partial charge on any atom is 0.303 e. The van der Waals surface area contributed by atoms with Gasteiger partial charge >= 0.3 is 11.9 Å². The molecule has 6 heteroatoms. The van der Waals surface area contributed by atoms with E-state index >= 15 is 0 Å². The fourth-order valence-corrected chi connectivity index (χ4v) is 1.71. The van der Waals surface area contributed by atoms with Gasteiger partial charge in [-0.25, -0.2) is 0 Å². The molecule has 0 spiro atoms. The Morgan fingerprint density at radius 1 is 1.07 bits per heavy atom. The fraction of sp³-hybridized carbons (Fsp3) is 0.750. The smallest absolute Gasteiger partial charge is 0.303 e. The number of hydrogen-bond acceptors (Lipinski definition) is 3. The SMILES string of the molecule is Cl.O=C(O)CC1CNCC1CC(=O)O. The molecular formula is C8H14ClNO4. The zero-order valence-corrected chi connectivity index (χ0v) is 8.42. The van der Waals surface area contributed by atoms with Gasteiger partial charge in [-0.2, -0.15) is 0 Å². The minimum atomic E-state index is -0.857. The quantitative estimate of drug-likeness (QED) is 0.634. The number of nitrogens with one attached hydrogen (secondary N) is 1. The first kappa shape index (κ1) is 13.2. The summed E-state index contributed by atoms with van der Waals surface area (Å²) in [6.45, 7) is 1.23. The first-order valence-corrected chi connectivity index (χ1v) is 4.24. The van der Waals surface area contributed by atoms with Crippen molar-refractivity contribution in [2.75, 3.05) is 13.1 Å². The second kappa shape index (κ2) is 5.82. The van der Waals surface area contributed by atoms with Gasteiger partial charge in [0.1, 0.15) is 0 Å². The number of carboxylic acid groups (broad SMARTS) is 2. The van der Waals surface area contributed by atoms with E-state index < -0.39 is 11.9 Å². The Hall–Kier alpha value is -0.810. The van der Waals surface area contributed by atoms with E-state index in [-0.39, 0.29) is 37.1 Å².